The molecule has 0 spiro atoms. The predicted octanol–water partition coefficient (Wildman–Crippen LogP) is 2.88. The maximum Gasteiger partial charge on any atom is 0.0343 e. The second-order valence-electron chi connectivity index (χ2n) is 4.97. The zero-order valence-corrected chi connectivity index (χ0v) is 10.0. The van der Waals surface area contributed by atoms with Gasteiger partial charge in [-0.25, -0.2) is 0 Å². The molecule has 2 heterocycles. The van der Waals surface area contributed by atoms with Crippen molar-refractivity contribution in [2.45, 2.75) is 25.3 Å². The fourth-order valence-corrected chi connectivity index (χ4v) is 2.92. The number of fused-ring (bicyclic) bond motifs is 1. The molecule has 1 N–H and O–H groups in total. The Labute approximate surface area is 102 Å². The number of hydrogen-bond donors (Lipinski definition) is 1. The van der Waals surface area contributed by atoms with Gasteiger partial charge in [0.15, 0.2) is 0 Å². The fraction of sp³-hybridized carbons (Fsp3) is 0.400. The first-order valence-corrected chi connectivity index (χ1v) is 6.39. The largest absolute Gasteiger partial charge is 0.313 e. The van der Waals surface area contributed by atoms with Crippen LogP contribution in [0.5, 0.6) is 0 Å². The highest BCUT2D eigenvalue weighted by Gasteiger charge is 2.29. The molecular weight excluding hydrogens is 208 g/mol. The Morgan fingerprint density at radius 1 is 1.41 bits per heavy atom. The van der Waals surface area contributed by atoms with Crippen LogP contribution >= 0.6 is 0 Å². The minimum absolute atomic E-state index is 0.658. The lowest BCUT2D eigenvalue weighted by Gasteiger charge is -2.25. The van der Waals surface area contributed by atoms with Gasteiger partial charge in [0.1, 0.15) is 0 Å². The lowest BCUT2D eigenvalue weighted by atomic mass is 9.94. The van der Waals surface area contributed by atoms with E-state index in [-0.39, 0.29) is 0 Å². The van der Waals surface area contributed by atoms with Crippen molar-refractivity contribution < 1.29 is 0 Å². The van der Waals surface area contributed by atoms with Crippen molar-refractivity contribution in [3.05, 3.63) is 42.2 Å². The lowest BCUT2D eigenvalue weighted by molar-refractivity contribution is 0.348. The number of pyridine rings is 1. The summed E-state index contributed by atoms with van der Waals surface area (Å²) in [4.78, 5) is 4.28. The van der Waals surface area contributed by atoms with Crippen LogP contribution < -0.4 is 5.32 Å². The molecule has 1 aliphatic heterocycles. The normalized spacial score (nSPS) is 27.4. The van der Waals surface area contributed by atoms with Gasteiger partial charge in [-0.05, 0) is 54.5 Å². The number of nitrogens with one attached hydrogen (secondary N) is 1. The summed E-state index contributed by atoms with van der Waals surface area (Å²) >= 11 is 0. The van der Waals surface area contributed by atoms with Gasteiger partial charge in [0.05, 0.1) is 0 Å². The van der Waals surface area contributed by atoms with E-state index < -0.39 is 0 Å². The molecule has 0 radical (unpaired) electrons. The second kappa shape index (κ2) is 4.46. The monoisotopic (exact) mass is 226 g/mol. The molecule has 17 heavy (non-hydrogen) atoms. The number of piperidine rings is 1. The van der Waals surface area contributed by atoms with Crippen LogP contribution in [0.4, 0.5) is 0 Å². The molecule has 0 saturated carbocycles. The molecule has 0 unspecified atom stereocenters. The lowest BCUT2D eigenvalue weighted by Crippen LogP contribution is -2.37. The minimum atomic E-state index is 0.658. The zero-order chi connectivity index (χ0) is 11.7. The molecule has 1 saturated heterocycles. The first-order valence-electron chi connectivity index (χ1n) is 6.39. The van der Waals surface area contributed by atoms with Crippen molar-refractivity contribution in [3.63, 3.8) is 0 Å². The molecule has 0 bridgehead atoms. The van der Waals surface area contributed by atoms with Crippen molar-refractivity contribution in [2.75, 3.05) is 6.54 Å². The van der Waals surface area contributed by atoms with Gasteiger partial charge in [-0.3, -0.25) is 4.98 Å². The van der Waals surface area contributed by atoms with Crippen LogP contribution in [0.25, 0.3) is 11.6 Å². The molecule has 2 aliphatic rings. The third kappa shape index (κ3) is 2.05. The van der Waals surface area contributed by atoms with Crippen LogP contribution in [-0.2, 0) is 0 Å². The molecule has 88 valence electrons. The average Bonchev–Trinajstić information content (AvgIpc) is 2.82. The van der Waals surface area contributed by atoms with Gasteiger partial charge in [0.25, 0.3) is 0 Å². The van der Waals surface area contributed by atoms with Crippen LogP contribution in [-0.4, -0.2) is 17.6 Å². The third-order valence-electron chi connectivity index (χ3n) is 3.86. The Balaban J connectivity index is 1.87. The summed E-state index contributed by atoms with van der Waals surface area (Å²) in [5.41, 5.74) is 3.82. The standard InChI is InChI=1S/C15H18N2/c1-2-11-6-14(10-16-9-11)13-7-12-4-3-5-17-15(12)8-13/h2,6-7,9-10,12,15,17H,1,3-5,8H2/t12-,15+/m1/s1. The van der Waals surface area contributed by atoms with Crippen molar-refractivity contribution >= 4 is 11.6 Å². The smallest absolute Gasteiger partial charge is 0.0343 e. The molecule has 2 nitrogen and oxygen atoms in total. The van der Waals surface area contributed by atoms with Gasteiger partial charge in [0, 0.05) is 18.4 Å². The van der Waals surface area contributed by atoms with Crippen LogP contribution in [0.15, 0.2) is 31.1 Å². The maximum absolute atomic E-state index is 4.28. The molecule has 1 aromatic rings. The minimum Gasteiger partial charge on any atom is -0.313 e. The zero-order valence-electron chi connectivity index (χ0n) is 10.0. The molecule has 3 rings (SSSR count). The number of nitrogens with zero attached hydrogens (tertiary/aromatic N) is 1. The van der Waals surface area contributed by atoms with E-state index in [0.717, 1.165) is 17.9 Å². The van der Waals surface area contributed by atoms with E-state index in [2.05, 4.69) is 29.0 Å². The van der Waals surface area contributed by atoms with Crippen LogP contribution in [0.3, 0.4) is 0 Å². The van der Waals surface area contributed by atoms with E-state index in [1.54, 1.807) is 0 Å². The van der Waals surface area contributed by atoms with E-state index in [9.17, 15) is 0 Å². The van der Waals surface area contributed by atoms with E-state index in [1.165, 1.54) is 30.5 Å². The Bertz CT molecular complexity index is 462. The second-order valence-corrected chi connectivity index (χ2v) is 4.97. The summed E-state index contributed by atoms with van der Waals surface area (Å²) in [7, 11) is 0. The number of rotatable bonds is 2. The Morgan fingerprint density at radius 3 is 3.18 bits per heavy atom. The van der Waals surface area contributed by atoms with Gasteiger partial charge >= 0.3 is 0 Å². The number of aromatic nitrogens is 1. The molecular formula is C15H18N2. The highest BCUT2D eigenvalue weighted by Crippen LogP contribution is 2.35. The summed E-state index contributed by atoms with van der Waals surface area (Å²) < 4.78 is 0. The molecule has 2 atom stereocenters. The SMILES string of the molecule is C=Cc1cncc(C2=C[C@H]3CCCN[C@H]3C2)c1. The molecule has 1 fully saturated rings. The van der Waals surface area contributed by atoms with Crippen molar-refractivity contribution in [2.24, 2.45) is 5.92 Å². The van der Waals surface area contributed by atoms with Crippen LogP contribution in [0, 0.1) is 5.92 Å². The molecule has 0 aromatic carbocycles. The summed E-state index contributed by atoms with van der Waals surface area (Å²) in [6.07, 6.45) is 11.9. The molecule has 1 aromatic heterocycles. The van der Waals surface area contributed by atoms with E-state index in [0.29, 0.717) is 6.04 Å². The Morgan fingerprint density at radius 2 is 2.35 bits per heavy atom. The van der Waals surface area contributed by atoms with Crippen LogP contribution in [0.2, 0.25) is 0 Å². The van der Waals surface area contributed by atoms with Gasteiger partial charge in [0.2, 0.25) is 0 Å². The summed E-state index contributed by atoms with van der Waals surface area (Å²) in [5.74, 6) is 0.728. The van der Waals surface area contributed by atoms with Crippen LogP contribution in [0.1, 0.15) is 30.4 Å². The van der Waals surface area contributed by atoms with Crippen molar-refractivity contribution in [3.8, 4) is 0 Å². The average molecular weight is 226 g/mol. The maximum atomic E-state index is 4.28. The van der Waals surface area contributed by atoms with Gasteiger partial charge in [-0.2, -0.15) is 0 Å². The topological polar surface area (TPSA) is 24.9 Å². The first-order chi connectivity index (χ1) is 8.36. The summed E-state index contributed by atoms with van der Waals surface area (Å²) in [6.45, 7) is 4.97. The Kier molecular flexibility index (Phi) is 2.81. The van der Waals surface area contributed by atoms with Crippen molar-refractivity contribution in [1.29, 1.82) is 0 Å². The quantitative estimate of drug-likeness (QED) is 0.838. The number of hydrogen-bond acceptors (Lipinski definition) is 2. The fourth-order valence-electron chi connectivity index (χ4n) is 2.92. The first kappa shape index (κ1) is 10.7. The summed E-state index contributed by atoms with van der Waals surface area (Å²) in [6, 6.07) is 2.84. The predicted molar refractivity (Wildman–Crippen MR) is 71.4 cm³/mol. The van der Waals surface area contributed by atoms with Gasteiger partial charge in [-0.1, -0.05) is 18.7 Å². The van der Waals surface area contributed by atoms with E-state index in [4.69, 9.17) is 0 Å². The van der Waals surface area contributed by atoms with Crippen molar-refractivity contribution in [1.82, 2.24) is 10.3 Å². The molecule has 1 aliphatic carbocycles. The Hall–Kier alpha value is -1.41. The third-order valence-corrected chi connectivity index (χ3v) is 3.86. The van der Waals surface area contributed by atoms with Gasteiger partial charge in [-0.15, -0.1) is 0 Å². The van der Waals surface area contributed by atoms with E-state index >= 15 is 0 Å². The van der Waals surface area contributed by atoms with Gasteiger partial charge < -0.3 is 5.32 Å². The highest BCUT2D eigenvalue weighted by atomic mass is 14.9. The highest BCUT2D eigenvalue weighted by molar-refractivity contribution is 5.70. The van der Waals surface area contributed by atoms with E-state index in [1.807, 2.05) is 18.5 Å². The molecule has 0 amide bonds. The molecule has 2 heteroatoms. The summed E-state index contributed by atoms with van der Waals surface area (Å²) in [5, 5.41) is 3.62.